The van der Waals surface area contributed by atoms with Crippen LogP contribution in [0.2, 0.25) is 0 Å². The van der Waals surface area contributed by atoms with Gasteiger partial charge in [0.2, 0.25) is 5.91 Å². The van der Waals surface area contributed by atoms with Gasteiger partial charge in [-0.3, -0.25) is 24.0 Å². The number of aromatic nitrogens is 1. The Morgan fingerprint density at radius 1 is 1.03 bits per heavy atom. The van der Waals surface area contributed by atoms with E-state index in [1.54, 1.807) is 31.2 Å². The summed E-state index contributed by atoms with van der Waals surface area (Å²) >= 11 is 0. The molecule has 2 heterocycles. The Balaban J connectivity index is 1.29. The molecule has 0 radical (unpaired) electrons. The fourth-order valence-electron chi connectivity index (χ4n) is 3.39. The third-order valence-corrected chi connectivity index (χ3v) is 6.35. The largest absolute Gasteiger partial charge is 0.360 e. The summed E-state index contributed by atoms with van der Waals surface area (Å²) in [5.74, 6) is -0.500. The minimum absolute atomic E-state index is 0.00761. The van der Waals surface area contributed by atoms with Gasteiger partial charge in [0.05, 0.1) is 16.0 Å². The number of aryl methyl sites for hydroxylation is 1. The van der Waals surface area contributed by atoms with Gasteiger partial charge in [-0.05, 0) is 49.7 Å². The van der Waals surface area contributed by atoms with E-state index < -0.39 is 10.0 Å². The summed E-state index contributed by atoms with van der Waals surface area (Å²) in [6, 6.07) is 13.7. The quantitative estimate of drug-likeness (QED) is 0.485. The van der Waals surface area contributed by atoms with E-state index in [1.165, 1.54) is 30.3 Å². The maximum Gasteiger partial charge on any atom is 0.263 e. The van der Waals surface area contributed by atoms with Gasteiger partial charge in [0.15, 0.2) is 5.82 Å². The van der Waals surface area contributed by atoms with Gasteiger partial charge in [-0.2, -0.15) is 0 Å². The summed E-state index contributed by atoms with van der Waals surface area (Å²) in [7, 11) is -3.86. The number of anilines is 2. The highest BCUT2D eigenvalue weighted by Crippen LogP contribution is 2.23. The van der Waals surface area contributed by atoms with Crippen molar-refractivity contribution in [2.24, 2.45) is 0 Å². The molecule has 0 fully saturated rings. The number of fused-ring (bicyclic) bond motifs is 1. The van der Waals surface area contributed by atoms with Crippen LogP contribution in [0, 0.1) is 6.92 Å². The van der Waals surface area contributed by atoms with Gasteiger partial charge in [-0.1, -0.05) is 17.3 Å². The minimum Gasteiger partial charge on any atom is -0.360 e. The van der Waals surface area contributed by atoms with Crippen LogP contribution in [0.1, 0.15) is 39.3 Å². The van der Waals surface area contributed by atoms with Crippen molar-refractivity contribution >= 4 is 39.3 Å². The Morgan fingerprint density at radius 2 is 1.67 bits per heavy atom. The van der Waals surface area contributed by atoms with Crippen molar-refractivity contribution in [3.8, 4) is 0 Å². The van der Waals surface area contributed by atoms with Crippen LogP contribution in [0.15, 0.2) is 64.0 Å². The third-order valence-electron chi connectivity index (χ3n) is 4.98. The molecule has 170 valence electrons. The van der Waals surface area contributed by atoms with Gasteiger partial charge in [0, 0.05) is 24.7 Å². The van der Waals surface area contributed by atoms with Crippen LogP contribution in [0.3, 0.4) is 0 Å². The smallest absolute Gasteiger partial charge is 0.263 e. The molecule has 0 unspecified atom stereocenters. The topological polar surface area (TPSA) is 139 Å². The maximum absolute atomic E-state index is 12.4. The Kier molecular flexibility index (Phi) is 5.97. The van der Waals surface area contributed by atoms with Gasteiger partial charge in [-0.15, -0.1) is 0 Å². The predicted octanol–water partition coefficient (Wildman–Crippen LogP) is 2.80. The molecule has 0 saturated carbocycles. The number of nitrogens with one attached hydrogen (secondary N) is 2. The van der Waals surface area contributed by atoms with Crippen molar-refractivity contribution in [1.82, 2.24) is 10.1 Å². The molecule has 1 aromatic heterocycles. The van der Waals surface area contributed by atoms with E-state index in [1.807, 2.05) is 0 Å². The molecule has 3 amide bonds. The SMILES string of the molecule is Cc1cc(NS(=O)(=O)c2ccc(NC(=O)CCCN3C(=O)c4ccccc4C3=O)cc2)no1. The monoisotopic (exact) mass is 468 g/mol. The Bertz CT molecular complexity index is 1300. The van der Waals surface area contributed by atoms with E-state index in [-0.39, 0.29) is 41.4 Å². The number of hydrogen-bond acceptors (Lipinski definition) is 7. The molecule has 0 aliphatic carbocycles. The molecule has 2 N–H and O–H groups in total. The van der Waals surface area contributed by atoms with Crippen molar-refractivity contribution in [3.05, 3.63) is 71.5 Å². The molecule has 11 heteroatoms. The molecular weight excluding hydrogens is 448 g/mol. The Morgan fingerprint density at radius 3 is 2.24 bits per heavy atom. The minimum atomic E-state index is -3.86. The molecule has 0 saturated heterocycles. The van der Waals surface area contributed by atoms with E-state index in [2.05, 4.69) is 15.2 Å². The van der Waals surface area contributed by atoms with Crippen LogP contribution in [-0.2, 0) is 14.8 Å². The zero-order chi connectivity index (χ0) is 23.6. The van der Waals surface area contributed by atoms with Crippen molar-refractivity contribution < 1.29 is 27.3 Å². The summed E-state index contributed by atoms with van der Waals surface area (Å²) in [6.07, 6.45) is 0.380. The second-order valence-electron chi connectivity index (χ2n) is 7.41. The van der Waals surface area contributed by atoms with Crippen molar-refractivity contribution in [1.29, 1.82) is 0 Å². The van der Waals surface area contributed by atoms with Gasteiger partial charge >= 0.3 is 0 Å². The zero-order valence-electron chi connectivity index (χ0n) is 17.6. The maximum atomic E-state index is 12.4. The normalized spacial score (nSPS) is 13.2. The van der Waals surface area contributed by atoms with E-state index >= 15 is 0 Å². The molecule has 1 aliphatic rings. The zero-order valence-corrected chi connectivity index (χ0v) is 18.4. The lowest BCUT2D eigenvalue weighted by molar-refractivity contribution is -0.116. The number of amides is 3. The lowest BCUT2D eigenvalue weighted by Gasteiger charge is -2.13. The summed E-state index contributed by atoms with van der Waals surface area (Å²) in [5.41, 5.74) is 1.15. The second kappa shape index (κ2) is 8.87. The summed E-state index contributed by atoms with van der Waals surface area (Å²) < 4.78 is 32.0. The number of hydrogen-bond donors (Lipinski definition) is 2. The molecule has 10 nitrogen and oxygen atoms in total. The highest BCUT2D eigenvalue weighted by Gasteiger charge is 2.34. The Labute approximate surface area is 189 Å². The van der Waals surface area contributed by atoms with Crippen molar-refractivity contribution in [2.75, 3.05) is 16.6 Å². The van der Waals surface area contributed by atoms with E-state index in [9.17, 15) is 22.8 Å². The van der Waals surface area contributed by atoms with Crippen LogP contribution in [0.4, 0.5) is 11.5 Å². The highest BCUT2D eigenvalue weighted by molar-refractivity contribution is 7.92. The lowest BCUT2D eigenvalue weighted by Crippen LogP contribution is -2.31. The fraction of sp³-hybridized carbons (Fsp3) is 0.182. The highest BCUT2D eigenvalue weighted by atomic mass is 32.2. The van der Waals surface area contributed by atoms with Gasteiger partial charge in [0.1, 0.15) is 5.76 Å². The van der Waals surface area contributed by atoms with Crippen molar-refractivity contribution in [2.45, 2.75) is 24.7 Å². The second-order valence-corrected chi connectivity index (χ2v) is 9.09. The number of imide groups is 1. The summed E-state index contributed by atoms with van der Waals surface area (Å²) in [6.45, 7) is 1.77. The fourth-order valence-corrected chi connectivity index (χ4v) is 4.38. The van der Waals surface area contributed by atoms with Crippen molar-refractivity contribution in [3.63, 3.8) is 0 Å². The van der Waals surface area contributed by atoms with E-state index in [4.69, 9.17) is 4.52 Å². The number of rotatable bonds is 8. The van der Waals surface area contributed by atoms with Gasteiger partial charge < -0.3 is 9.84 Å². The molecule has 0 bridgehead atoms. The van der Waals surface area contributed by atoms with Crippen LogP contribution in [0.5, 0.6) is 0 Å². The first-order chi connectivity index (χ1) is 15.7. The summed E-state index contributed by atoms with van der Waals surface area (Å²) in [4.78, 5) is 38.1. The molecule has 3 aromatic rings. The Hall–Kier alpha value is -3.99. The number of benzene rings is 2. The number of carbonyl (C=O) groups is 3. The molecule has 33 heavy (non-hydrogen) atoms. The number of carbonyl (C=O) groups excluding carboxylic acids is 3. The lowest BCUT2D eigenvalue weighted by atomic mass is 10.1. The average Bonchev–Trinajstić information content (AvgIpc) is 3.29. The van der Waals surface area contributed by atoms with Crippen LogP contribution >= 0.6 is 0 Å². The van der Waals surface area contributed by atoms with Gasteiger partial charge in [0.25, 0.3) is 21.8 Å². The number of sulfonamides is 1. The van der Waals surface area contributed by atoms with Crippen LogP contribution in [-0.4, -0.2) is 42.7 Å². The predicted molar refractivity (Wildman–Crippen MR) is 118 cm³/mol. The molecule has 4 rings (SSSR count). The molecule has 0 atom stereocenters. The van der Waals surface area contributed by atoms with Crippen LogP contribution < -0.4 is 10.0 Å². The van der Waals surface area contributed by atoms with Crippen LogP contribution in [0.25, 0.3) is 0 Å². The first kappa shape index (κ1) is 22.2. The number of nitrogens with zero attached hydrogens (tertiary/aromatic N) is 2. The average molecular weight is 468 g/mol. The summed E-state index contributed by atoms with van der Waals surface area (Å²) in [5, 5.41) is 6.26. The van der Waals surface area contributed by atoms with E-state index in [0.29, 0.717) is 29.0 Å². The molecular formula is C22H20N4O6S. The van der Waals surface area contributed by atoms with E-state index in [0.717, 1.165) is 4.90 Å². The standard InChI is InChI=1S/C22H20N4O6S/c1-14-13-19(24-32-14)25-33(30,31)16-10-8-15(9-11-16)23-20(27)7-4-12-26-21(28)17-5-2-3-6-18(17)22(26)29/h2-3,5-6,8-11,13H,4,7,12H2,1H3,(H,23,27)(H,24,25). The molecule has 0 spiro atoms. The third kappa shape index (κ3) is 4.77. The first-order valence-electron chi connectivity index (χ1n) is 10.1. The first-order valence-corrected chi connectivity index (χ1v) is 11.5. The molecule has 1 aliphatic heterocycles. The molecule has 2 aromatic carbocycles. The van der Waals surface area contributed by atoms with Gasteiger partial charge in [-0.25, -0.2) is 8.42 Å².